The summed E-state index contributed by atoms with van der Waals surface area (Å²) in [6.45, 7) is 0.557. The fourth-order valence-corrected chi connectivity index (χ4v) is 2.16. The molecule has 2 rings (SSSR count). The first-order chi connectivity index (χ1) is 9.65. The quantitative estimate of drug-likeness (QED) is 0.828. The number of rotatable bonds is 5. The highest BCUT2D eigenvalue weighted by molar-refractivity contribution is 6.33. The van der Waals surface area contributed by atoms with Gasteiger partial charge in [0.25, 0.3) is 0 Å². The third-order valence-corrected chi connectivity index (χ3v) is 3.31. The summed E-state index contributed by atoms with van der Waals surface area (Å²) in [4.78, 5) is 0. The minimum Gasteiger partial charge on any atom is -0.497 e. The van der Waals surface area contributed by atoms with Crippen LogP contribution in [0.4, 0.5) is 11.4 Å². The third-order valence-electron chi connectivity index (χ3n) is 3.00. The Hall–Kier alpha value is -2.07. The molecular formula is C15H17ClN2O2. The number of methoxy groups -OCH3 is 2. The molecule has 0 unspecified atom stereocenters. The molecule has 0 saturated heterocycles. The molecule has 4 nitrogen and oxygen atoms in total. The molecule has 0 aliphatic carbocycles. The van der Waals surface area contributed by atoms with Crippen molar-refractivity contribution in [1.29, 1.82) is 0 Å². The van der Waals surface area contributed by atoms with Gasteiger partial charge >= 0.3 is 0 Å². The summed E-state index contributed by atoms with van der Waals surface area (Å²) in [6, 6.07) is 11.1. The molecule has 106 valence electrons. The molecular weight excluding hydrogens is 276 g/mol. The molecule has 0 heterocycles. The van der Waals surface area contributed by atoms with Crippen molar-refractivity contribution < 1.29 is 9.47 Å². The number of nitrogens with one attached hydrogen (secondary N) is 1. The van der Waals surface area contributed by atoms with Crippen molar-refractivity contribution in [2.75, 3.05) is 25.3 Å². The summed E-state index contributed by atoms with van der Waals surface area (Å²) >= 11 is 6.12. The van der Waals surface area contributed by atoms with E-state index in [1.54, 1.807) is 26.4 Å². The molecule has 0 aromatic heterocycles. The van der Waals surface area contributed by atoms with E-state index < -0.39 is 0 Å². The van der Waals surface area contributed by atoms with Crippen molar-refractivity contribution in [2.45, 2.75) is 6.54 Å². The Morgan fingerprint density at radius 3 is 2.60 bits per heavy atom. The van der Waals surface area contributed by atoms with E-state index in [0.717, 1.165) is 22.7 Å². The molecule has 2 aromatic rings. The van der Waals surface area contributed by atoms with Crippen molar-refractivity contribution in [1.82, 2.24) is 0 Å². The zero-order valence-corrected chi connectivity index (χ0v) is 12.2. The first-order valence-corrected chi connectivity index (χ1v) is 6.52. The van der Waals surface area contributed by atoms with Crippen LogP contribution in [-0.4, -0.2) is 14.2 Å². The van der Waals surface area contributed by atoms with E-state index in [1.807, 2.05) is 24.3 Å². The standard InChI is InChI=1S/C15H17ClN2O2/c1-19-11-7-6-10(14(8-11)20-2)9-18-15-12(16)4-3-5-13(15)17/h3-8,18H,9,17H2,1-2H3. The predicted molar refractivity (Wildman–Crippen MR) is 82.7 cm³/mol. The van der Waals surface area contributed by atoms with Crippen LogP contribution in [0.5, 0.6) is 11.5 Å². The predicted octanol–water partition coefficient (Wildman–Crippen LogP) is 3.55. The van der Waals surface area contributed by atoms with Gasteiger partial charge in [0, 0.05) is 18.2 Å². The lowest BCUT2D eigenvalue weighted by atomic mass is 10.1. The van der Waals surface area contributed by atoms with E-state index in [-0.39, 0.29) is 0 Å². The normalized spacial score (nSPS) is 10.2. The third kappa shape index (κ3) is 3.08. The molecule has 5 heteroatoms. The van der Waals surface area contributed by atoms with Crippen LogP contribution in [0, 0.1) is 0 Å². The number of anilines is 2. The summed E-state index contributed by atoms with van der Waals surface area (Å²) < 4.78 is 10.5. The number of nitrogen functional groups attached to an aromatic ring is 1. The van der Waals surface area contributed by atoms with Gasteiger partial charge in [0.05, 0.1) is 30.6 Å². The molecule has 0 bridgehead atoms. The van der Waals surface area contributed by atoms with Crippen LogP contribution in [-0.2, 0) is 6.54 Å². The van der Waals surface area contributed by atoms with E-state index in [9.17, 15) is 0 Å². The van der Waals surface area contributed by atoms with E-state index in [4.69, 9.17) is 26.8 Å². The highest BCUT2D eigenvalue weighted by Gasteiger charge is 2.08. The topological polar surface area (TPSA) is 56.5 Å². The van der Waals surface area contributed by atoms with Crippen LogP contribution in [0.15, 0.2) is 36.4 Å². The highest BCUT2D eigenvalue weighted by Crippen LogP contribution is 2.30. The molecule has 20 heavy (non-hydrogen) atoms. The molecule has 0 saturated carbocycles. The lowest BCUT2D eigenvalue weighted by molar-refractivity contribution is 0.391. The van der Waals surface area contributed by atoms with Crippen molar-refractivity contribution in [3.63, 3.8) is 0 Å². The number of ether oxygens (including phenoxy) is 2. The zero-order chi connectivity index (χ0) is 14.5. The molecule has 0 aliphatic rings. The van der Waals surface area contributed by atoms with Crippen molar-refractivity contribution in [3.05, 3.63) is 47.0 Å². The molecule has 3 N–H and O–H groups in total. The van der Waals surface area contributed by atoms with Gasteiger partial charge in [0.2, 0.25) is 0 Å². The summed E-state index contributed by atoms with van der Waals surface area (Å²) in [5.41, 5.74) is 8.24. The number of nitrogens with two attached hydrogens (primary N) is 1. The van der Waals surface area contributed by atoms with Crippen molar-refractivity contribution in [2.24, 2.45) is 0 Å². The monoisotopic (exact) mass is 292 g/mol. The Kier molecular flexibility index (Phi) is 4.58. The van der Waals surface area contributed by atoms with E-state index in [2.05, 4.69) is 5.32 Å². The van der Waals surface area contributed by atoms with Crippen LogP contribution in [0.1, 0.15) is 5.56 Å². The van der Waals surface area contributed by atoms with Gasteiger partial charge in [-0.15, -0.1) is 0 Å². The fourth-order valence-electron chi connectivity index (χ4n) is 1.91. The lowest BCUT2D eigenvalue weighted by Crippen LogP contribution is -2.04. The van der Waals surface area contributed by atoms with Crippen LogP contribution in [0.25, 0.3) is 0 Å². The SMILES string of the molecule is COc1ccc(CNc2c(N)cccc2Cl)c(OC)c1. The Morgan fingerprint density at radius 1 is 1.15 bits per heavy atom. The molecule has 0 spiro atoms. The summed E-state index contributed by atoms with van der Waals surface area (Å²) in [6.07, 6.45) is 0. The van der Waals surface area contributed by atoms with Crippen LogP contribution in [0.3, 0.4) is 0 Å². The average Bonchev–Trinajstić information content (AvgIpc) is 2.46. The van der Waals surface area contributed by atoms with E-state index >= 15 is 0 Å². The number of halogens is 1. The Labute approximate surface area is 123 Å². The summed E-state index contributed by atoms with van der Waals surface area (Å²) in [5, 5.41) is 3.83. The average molecular weight is 293 g/mol. The van der Waals surface area contributed by atoms with Crippen LogP contribution >= 0.6 is 11.6 Å². The van der Waals surface area contributed by atoms with E-state index in [0.29, 0.717) is 17.3 Å². The van der Waals surface area contributed by atoms with Crippen molar-refractivity contribution in [3.8, 4) is 11.5 Å². The maximum absolute atomic E-state index is 6.12. The molecule has 0 amide bonds. The summed E-state index contributed by atoms with van der Waals surface area (Å²) in [5.74, 6) is 1.50. The Morgan fingerprint density at radius 2 is 1.95 bits per heavy atom. The van der Waals surface area contributed by atoms with Gasteiger partial charge in [-0.1, -0.05) is 17.7 Å². The number of benzene rings is 2. The van der Waals surface area contributed by atoms with E-state index in [1.165, 1.54) is 0 Å². The van der Waals surface area contributed by atoms with Gasteiger partial charge in [-0.2, -0.15) is 0 Å². The van der Waals surface area contributed by atoms with Gasteiger partial charge in [-0.25, -0.2) is 0 Å². The molecule has 0 radical (unpaired) electrons. The van der Waals surface area contributed by atoms with Gasteiger partial charge in [0.15, 0.2) is 0 Å². The van der Waals surface area contributed by atoms with Crippen LogP contribution in [0.2, 0.25) is 5.02 Å². The fraction of sp³-hybridized carbons (Fsp3) is 0.200. The Balaban J connectivity index is 2.19. The van der Waals surface area contributed by atoms with Gasteiger partial charge in [-0.05, 0) is 24.3 Å². The maximum Gasteiger partial charge on any atom is 0.127 e. The molecule has 2 aromatic carbocycles. The largest absolute Gasteiger partial charge is 0.497 e. The van der Waals surface area contributed by atoms with Crippen molar-refractivity contribution >= 4 is 23.0 Å². The second kappa shape index (κ2) is 6.39. The second-order valence-electron chi connectivity index (χ2n) is 4.24. The van der Waals surface area contributed by atoms with Gasteiger partial charge in [0.1, 0.15) is 11.5 Å². The van der Waals surface area contributed by atoms with Crippen LogP contribution < -0.4 is 20.5 Å². The minimum absolute atomic E-state index is 0.557. The lowest BCUT2D eigenvalue weighted by Gasteiger charge is -2.14. The maximum atomic E-state index is 6.12. The van der Waals surface area contributed by atoms with Gasteiger partial charge < -0.3 is 20.5 Å². The first kappa shape index (κ1) is 14.3. The first-order valence-electron chi connectivity index (χ1n) is 6.14. The highest BCUT2D eigenvalue weighted by atomic mass is 35.5. The smallest absolute Gasteiger partial charge is 0.127 e. The molecule has 0 aliphatic heterocycles. The Bertz CT molecular complexity index is 582. The number of para-hydroxylation sites is 1. The number of hydrogen-bond acceptors (Lipinski definition) is 4. The zero-order valence-electron chi connectivity index (χ0n) is 11.4. The molecule has 0 fully saturated rings. The second-order valence-corrected chi connectivity index (χ2v) is 4.64. The molecule has 0 atom stereocenters. The number of hydrogen-bond donors (Lipinski definition) is 2. The van der Waals surface area contributed by atoms with Gasteiger partial charge in [-0.3, -0.25) is 0 Å². The summed E-state index contributed by atoms with van der Waals surface area (Å²) in [7, 11) is 3.25. The minimum atomic E-state index is 0.557.